The molecule has 0 aromatic carbocycles. The van der Waals surface area contributed by atoms with E-state index in [2.05, 4.69) is 34.8 Å². The van der Waals surface area contributed by atoms with Crippen molar-refractivity contribution in [2.24, 2.45) is 15.0 Å². The van der Waals surface area contributed by atoms with Crippen LogP contribution in [0.5, 0.6) is 0 Å². The number of pyridine rings is 3. The summed E-state index contributed by atoms with van der Waals surface area (Å²) in [5.74, 6) is 0. The summed E-state index contributed by atoms with van der Waals surface area (Å²) < 4.78 is 67.9. The van der Waals surface area contributed by atoms with Crippen LogP contribution in [0.25, 0.3) is 0 Å². The third-order valence-corrected chi connectivity index (χ3v) is 5.04. The minimum absolute atomic E-state index is 0. The second-order valence-electron chi connectivity index (χ2n) is 8.81. The third-order valence-electron chi connectivity index (χ3n) is 5.04. The molecular weight excluding hydrogens is 677 g/mol. The minimum atomic E-state index is -4.94. The Balaban J connectivity index is 0.00000153. The molecule has 15 nitrogen and oxygen atoms in total. The number of hydrogen-bond acceptors (Lipinski definition) is 15. The normalized spacial score (nSPS) is 11.7. The fourth-order valence-electron chi connectivity index (χ4n) is 3.32. The molecule has 45 heavy (non-hydrogen) atoms. The van der Waals surface area contributed by atoms with E-state index in [9.17, 15) is 0 Å². The maximum Gasteiger partial charge on any atom is 2.00 e. The summed E-state index contributed by atoms with van der Waals surface area (Å²) in [6.45, 7) is 10.5. The fourth-order valence-corrected chi connectivity index (χ4v) is 3.32. The number of nitrogens with zero attached hydrogens (tertiary/aromatic N) is 7. The average Bonchev–Trinajstić information content (AvgIpc) is 2.89. The summed E-state index contributed by atoms with van der Waals surface area (Å²) in [5, 5.41) is 0. The molecule has 0 saturated heterocycles. The molecule has 0 atom stereocenters. The van der Waals surface area contributed by atoms with Crippen LogP contribution in [0.1, 0.15) is 34.2 Å². The molecule has 3 rings (SSSR count). The van der Waals surface area contributed by atoms with Gasteiger partial charge in [0.2, 0.25) is 0 Å². The number of aliphatic imine (C=N–C) groups is 3. The topological polar surface area (TPSA) is 263 Å². The second-order valence-corrected chi connectivity index (χ2v) is 10.3. The van der Waals surface area contributed by atoms with Crippen LogP contribution in [0.15, 0.2) is 69.6 Å². The second kappa shape index (κ2) is 22.7. The van der Waals surface area contributed by atoms with Crippen LogP contribution in [0, 0.1) is 41.3 Å². The molecule has 0 aliphatic carbocycles. The summed E-state index contributed by atoms with van der Waals surface area (Å²) in [6.07, 6.45) is 5.52. The Morgan fingerprint density at radius 3 is 1.00 bits per heavy atom. The number of aromatic nitrogens is 3. The predicted molar refractivity (Wildman–Crippen MR) is 141 cm³/mol. The molecule has 0 amide bonds. The molecule has 246 valence electrons. The van der Waals surface area contributed by atoms with Crippen LogP contribution in [0.2, 0.25) is 0 Å². The first-order chi connectivity index (χ1) is 20.6. The summed E-state index contributed by atoms with van der Waals surface area (Å²) in [5.41, 5.74) is 5.64. The van der Waals surface area contributed by atoms with E-state index in [4.69, 9.17) is 37.3 Å². The maximum atomic E-state index is 8.49. The van der Waals surface area contributed by atoms with Gasteiger partial charge in [-0.05, 0) is 57.2 Å². The first-order valence-electron chi connectivity index (χ1n) is 12.8. The number of rotatable bonds is 12. The van der Waals surface area contributed by atoms with Crippen molar-refractivity contribution in [3.05, 3.63) is 88.8 Å². The van der Waals surface area contributed by atoms with E-state index in [-0.39, 0.29) is 17.1 Å². The maximum absolute atomic E-state index is 8.49. The summed E-state index contributed by atoms with van der Waals surface area (Å²) in [4.78, 5) is 29.4. The Labute approximate surface area is 276 Å². The van der Waals surface area contributed by atoms with Gasteiger partial charge in [-0.15, -0.1) is 20.5 Å². The summed E-state index contributed by atoms with van der Waals surface area (Å²) in [6, 6.07) is 17.9. The van der Waals surface area contributed by atoms with Gasteiger partial charge in [0.15, 0.2) is 0 Å². The third kappa shape index (κ3) is 27.3. The van der Waals surface area contributed by atoms with Crippen molar-refractivity contribution < 1.29 is 74.8 Å². The van der Waals surface area contributed by atoms with Gasteiger partial charge in [0.1, 0.15) is 0 Å². The molecular formula is C27H33Cl2FeN7O8. The van der Waals surface area contributed by atoms with Gasteiger partial charge >= 0.3 is 17.1 Å². The molecule has 0 unspecified atom stereocenters. The van der Waals surface area contributed by atoms with Crippen LogP contribution in [0.3, 0.4) is 0 Å². The van der Waals surface area contributed by atoms with E-state index in [1.54, 1.807) is 0 Å². The van der Waals surface area contributed by atoms with Crippen molar-refractivity contribution >= 4 is 18.6 Å². The van der Waals surface area contributed by atoms with Crippen molar-refractivity contribution in [1.82, 2.24) is 19.9 Å². The zero-order valence-electron chi connectivity index (χ0n) is 24.7. The molecule has 0 spiro atoms. The molecule has 0 aliphatic heterocycles. The van der Waals surface area contributed by atoms with Crippen molar-refractivity contribution in [3.8, 4) is 0 Å². The van der Waals surface area contributed by atoms with Gasteiger partial charge in [-0.25, -0.2) is 37.3 Å². The molecule has 3 aromatic heterocycles. The van der Waals surface area contributed by atoms with E-state index in [1.165, 1.54) is 0 Å². The van der Waals surface area contributed by atoms with Crippen LogP contribution in [0.4, 0.5) is 0 Å². The Bertz CT molecular complexity index is 1180. The minimum Gasteiger partial charge on any atom is -0.298 e. The largest absolute Gasteiger partial charge is 2.00 e. The standard InChI is InChI=1S/C27H33N7.2ClHO4.Fe/c1-22-7-4-10-25(31-22)19-28-13-16-34(17-14-29-20-26-11-5-8-23(2)32-26)18-15-30-21-27-12-6-9-24(3)33-27;2*2-1(3,4)5;/h4-12,19-21H,13-18H2,1-3H3;2*(H,2,3,4,5);/q;;;+2/p-2. The SMILES string of the molecule is Cc1cccc(C=NCCN(CCN=Cc2cccc(C)n2)CCN=Cc2cccc(C)n2)n1.[Fe+2].[O-][Cl+3]([O-])([O-])[O-].[O-][Cl+3]([O-])([O-])[O-]. The molecule has 0 fully saturated rings. The molecule has 18 heteroatoms. The zero-order chi connectivity index (χ0) is 33.0. The van der Waals surface area contributed by atoms with Crippen LogP contribution < -0.4 is 37.3 Å². The number of hydrogen-bond donors (Lipinski definition) is 0. The molecule has 0 radical (unpaired) electrons. The van der Waals surface area contributed by atoms with Crippen molar-refractivity contribution in [2.75, 3.05) is 39.3 Å². The van der Waals surface area contributed by atoms with Gasteiger partial charge in [0.25, 0.3) is 0 Å². The molecule has 3 aromatic rings. The molecule has 0 saturated carbocycles. The van der Waals surface area contributed by atoms with E-state index in [0.29, 0.717) is 19.6 Å². The molecule has 3 heterocycles. The summed E-state index contributed by atoms with van der Waals surface area (Å²) in [7, 11) is -9.89. The van der Waals surface area contributed by atoms with Gasteiger partial charge in [-0.1, -0.05) is 18.2 Å². The molecule has 0 N–H and O–H groups in total. The Hall–Kier alpha value is -2.80. The molecule has 0 bridgehead atoms. The zero-order valence-corrected chi connectivity index (χ0v) is 27.3. The van der Waals surface area contributed by atoms with Gasteiger partial charge in [0, 0.05) is 55.4 Å². The smallest absolute Gasteiger partial charge is 0.298 e. The first-order valence-corrected chi connectivity index (χ1v) is 15.3. The average molecular weight is 710 g/mol. The quantitative estimate of drug-likeness (QED) is 0.126. The Kier molecular flexibility index (Phi) is 21.3. The van der Waals surface area contributed by atoms with E-state index in [0.717, 1.165) is 53.8 Å². The predicted octanol–water partition coefficient (Wildman–Crippen LogP) is -5.76. The van der Waals surface area contributed by atoms with Gasteiger partial charge in [-0.2, -0.15) is 0 Å². The van der Waals surface area contributed by atoms with Gasteiger partial charge in [0.05, 0.1) is 36.7 Å². The van der Waals surface area contributed by atoms with Gasteiger partial charge in [-0.3, -0.25) is 34.8 Å². The summed E-state index contributed by atoms with van der Waals surface area (Å²) >= 11 is 0. The molecule has 0 aliphatic rings. The number of halogens is 2. The van der Waals surface area contributed by atoms with Crippen LogP contribution >= 0.6 is 0 Å². The monoisotopic (exact) mass is 709 g/mol. The Morgan fingerprint density at radius 1 is 0.533 bits per heavy atom. The van der Waals surface area contributed by atoms with Crippen LogP contribution in [-0.2, 0) is 17.1 Å². The van der Waals surface area contributed by atoms with E-state index < -0.39 is 20.5 Å². The van der Waals surface area contributed by atoms with Gasteiger partial charge < -0.3 is 0 Å². The van der Waals surface area contributed by atoms with Crippen molar-refractivity contribution in [3.63, 3.8) is 0 Å². The van der Waals surface area contributed by atoms with E-state index >= 15 is 0 Å². The first kappa shape index (κ1) is 42.2. The van der Waals surface area contributed by atoms with Crippen molar-refractivity contribution in [2.45, 2.75) is 20.8 Å². The van der Waals surface area contributed by atoms with Crippen molar-refractivity contribution in [1.29, 1.82) is 0 Å². The fraction of sp³-hybridized carbons (Fsp3) is 0.333. The van der Waals surface area contributed by atoms with Crippen LogP contribution in [-0.4, -0.2) is 77.8 Å². The van der Waals surface area contributed by atoms with E-state index in [1.807, 2.05) is 94.0 Å². The Morgan fingerprint density at radius 2 is 0.778 bits per heavy atom. The number of aryl methyl sites for hydroxylation is 3.